The van der Waals surface area contributed by atoms with Crippen LogP contribution in [0.4, 0.5) is 0 Å². The molecule has 2 aliphatic rings. The zero-order valence-electron chi connectivity index (χ0n) is 14.0. The summed E-state index contributed by atoms with van der Waals surface area (Å²) in [5.74, 6) is 0.453. The second kappa shape index (κ2) is 8.19. The van der Waals surface area contributed by atoms with Crippen LogP contribution >= 0.6 is 11.6 Å². The fourth-order valence-electron chi connectivity index (χ4n) is 3.75. The highest BCUT2D eigenvalue weighted by atomic mass is 35.5. The van der Waals surface area contributed by atoms with Crippen LogP contribution in [0.2, 0.25) is 5.02 Å². The first-order valence-electron chi connectivity index (χ1n) is 8.61. The highest BCUT2D eigenvalue weighted by molar-refractivity contribution is 6.32. The average Bonchev–Trinajstić information content (AvgIpc) is 3.22. The van der Waals surface area contributed by atoms with E-state index >= 15 is 0 Å². The van der Waals surface area contributed by atoms with Crippen LogP contribution in [0.1, 0.15) is 25.7 Å². The van der Waals surface area contributed by atoms with Crippen molar-refractivity contribution in [2.75, 3.05) is 26.8 Å². The Kier molecular flexibility index (Phi) is 5.98. The molecule has 24 heavy (non-hydrogen) atoms. The van der Waals surface area contributed by atoms with Gasteiger partial charge in [-0.05, 0) is 37.8 Å². The highest BCUT2D eigenvalue weighted by Crippen LogP contribution is 2.28. The van der Waals surface area contributed by atoms with Crippen molar-refractivity contribution in [1.82, 2.24) is 10.2 Å². The first kappa shape index (κ1) is 17.5. The normalized spacial score (nSPS) is 27.3. The van der Waals surface area contributed by atoms with Gasteiger partial charge in [0.15, 0.2) is 6.61 Å². The van der Waals surface area contributed by atoms with Crippen LogP contribution in [-0.4, -0.2) is 55.8 Å². The molecule has 2 fully saturated rings. The quantitative estimate of drug-likeness (QED) is 0.854. The van der Waals surface area contributed by atoms with E-state index in [9.17, 15) is 4.79 Å². The number of halogens is 1. The third-order valence-corrected chi connectivity index (χ3v) is 5.31. The van der Waals surface area contributed by atoms with Gasteiger partial charge < -0.3 is 14.8 Å². The van der Waals surface area contributed by atoms with Crippen molar-refractivity contribution >= 4 is 17.5 Å². The molecule has 1 aromatic carbocycles. The van der Waals surface area contributed by atoms with Crippen LogP contribution in [0.3, 0.4) is 0 Å². The number of carbonyl (C=O) groups excluding carboxylic acids is 1. The number of ether oxygens (including phenoxy) is 2. The molecule has 1 aliphatic carbocycles. The number of hydrogen-bond donors (Lipinski definition) is 1. The number of para-hydroxylation sites is 1. The molecule has 0 spiro atoms. The molecular formula is C18H25ClN2O3. The molecule has 0 aromatic heterocycles. The lowest BCUT2D eigenvalue weighted by Crippen LogP contribution is -2.49. The van der Waals surface area contributed by atoms with Crippen LogP contribution in [0.25, 0.3) is 0 Å². The van der Waals surface area contributed by atoms with Crippen molar-refractivity contribution in [2.45, 2.75) is 43.9 Å². The standard InChI is InChI=1S/C18H25ClN2O3/c1-23-13-9-10-21(11-13)16-7-4-6-15(16)20-18(22)12-24-17-8-3-2-5-14(17)19/h2-3,5,8,13,15-16H,4,6-7,9-12H2,1H3,(H,20,22)/t13?,15-,16+/m1/s1. The summed E-state index contributed by atoms with van der Waals surface area (Å²) in [4.78, 5) is 14.7. The molecule has 0 bridgehead atoms. The molecule has 1 N–H and O–H groups in total. The van der Waals surface area contributed by atoms with Gasteiger partial charge in [-0.15, -0.1) is 0 Å². The van der Waals surface area contributed by atoms with Gasteiger partial charge >= 0.3 is 0 Å². The topological polar surface area (TPSA) is 50.8 Å². The first-order valence-corrected chi connectivity index (χ1v) is 8.98. The molecule has 3 atom stereocenters. The summed E-state index contributed by atoms with van der Waals surface area (Å²) in [5, 5.41) is 3.66. The number of nitrogens with one attached hydrogen (secondary N) is 1. The maximum absolute atomic E-state index is 12.2. The first-order chi connectivity index (χ1) is 11.7. The molecule has 1 heterocycles. The number of rotatable bonds is 6. The lowest BCUT2D eigenvalue weighted by Gasteiger charge is -2.30. The second-order valence-electron chi connectivity index (χ2n) is 6.53. The van der Waals surface area contributed by atoms with Gasteiger partial charge in [0.1, 0.15) is 5.75 Å². The predicted octanol–water partition coefficient (Wildman–Crippen LogP) is 2.48. The molecule has 0 radical (unpaired) electrons. The molecule has 3 rings (SSSR count). The Labute approximate surface area is 148 Å². The van der Waals surface area contributed by atoms with Crippen LogP contribution in [0, 0.1) is 0 Å². The molecule has 5 nitrogen and oxygen atoms in total. The summed E-state index contributed by atoms with van der Waals surface area (Å²) in [6.45, 7) is 2.00. The summed E-state index contributed by atoms with van der Waals surface area (Å²) in [6.07, 6.45) is 4.70. The number of benzene rings is 1. The van der Waals surface area contributed by atoms with E-state index < -0.39 is 0 Å². The second-order valence-corrected chi connectivity index (χ2v) is 6.94. The van der Waals surface area contributed by atoms with E-state index in [0.29, 0.717) is 22.9 Å². The van der Waals surface area contributed by atoms with Crippen molar-refractivity contribution in [1.29, 1.82) is 0 Å². The summed E-state index contributed by atoms with van der Waals surface area (Å²) in [7, 11) is 1.77. The smallest absolute Gasteiger partial charge is 0.258 e. The Bertz CT molecular complexity index is 569. The third kappa shape index (κ3) is 4.21. The number of nitrogens with zero attached hydrogens (tertiary/aromatic N) is 1. The van der Waals surface area contributed by atoms with Gasteiger partial charge in [-0.2, -0.15) is 0 Å². The molecule has 6 heteroatoms. The Morgan fingerprint density at radius 1 is 1.33 bits per heavy atom. The fraction of sp³-hybridized carbons (Fsp3) is 0.611. The van der Waals surface area contributed by atoms with Gasteiger partial charge in [0, 0.05) is 32.3 Å². The van der Waals surface area contributed by atoms with E-state index in [1.807, 2.05) is 12.1 Å². The minimum absolute atomic E-state index is 0.00630. The number of amides is 1. The SMILES string of the molecule is COC1CCN([C@H]2CCC[C@H]2NC(=O)COc2ccccc2Cl)C1. The van der Waals surface area contributed by atoms with Gasteiger partial charge in [0.2, 0.25) is 0 Å². The van der Waals surface area contributed by atoms with Crippen LogP contribution < -0.4 is 10.1 Å². The lowest BCUT2D eigenvalue weighted by molar-refractivity contribution is -0.124. The summed E-state index contributed by atoms with van der Waals surface area (Å²) in [5.41, 5.74) is 0. The highest BCUT2D eigenvalue weighted by Gasteiger charge is 2.36. The predicted molar refractivity (Wildman–Crippen MR) is 93.5 cm³/mol. The van der Waals surface area contributed by atoms with Crippen LogP contribution in [-0.2, 0) is 9.53 Å². The van der Waals surface area contributed by atoms with Gasteiger partial charge in [0.05, 0.1) is 11.1 Å². The van der Waals surface area contributed by atoms with Gasteiger partial charge in [-0.25, -0.2) is 0 Å². The Balaban J connectivity index is 1.49. The number of hydrogen-bond acceptors (Lipinski definition) is 4. The maximum Gasteiger partial charge on any atom is 0.258 e. The summed E-state index contributed by atoms with van der Waals surface area (Å²) >= 11 is 6.04. The molecule has 1 aromatic rings. The molecule has 1 saturated heterocycles. The molecule has 1 amide bonds. The minimum atomic E-state index is -0.0886. The fourth-order valence-corrected chi connectivity index (χ4v) is 3.94. The number of methoxy groups -OCH3 is 1. The maximum atomic E-state index is 12.2. The van der Waals surface area contributed by atoms with E-state index in [1.165, 1.54) is 0 Å². The largest absolute Gasteiger partial charge is 0.482 e. The minimum Gasteiger partial charge on any atom is -0.482 e. The van der Waals surface area contributed by atoms with E-state index in [4.69, 9.17) is 21.1 Å². The number of likely N-dealkylation sites (tertiary alicyclic amines) is 1. The van der Waals surface area contributed by atoms with Crippen LogP contribution in [0.15, 0.2) is 24.3 Å². The molecule has 1 unspecified atom stereocenters. The van der Waals surface area contributed by atoms with Crippen molar-refractivity contribution < 1.29 is 14.3 Å². The zero-order valence-corrected chi connectivity index (χ0v) is 14.8. The molecular weight excluding hydrogens is 328 g/mol. The van der Waals surface area contributed by atoms with Crippen molar-refractivity contribution in [2.24, 2.45) is 0 Å². The Morgan fingerprint density at radius 3 is 2.92 bits per heavy atom. The van der Waals surface area contributed by atoms with Crippen molar-refractivity contribution in [3.05, 3.63) is 29.3 Å². The molecule has 1 aliphatic heterocycles. The van der Waals surface area contributed by atoms with E-state index in [2.05, 4.69) is 10.2 Å². The van der Waals surface area contributed by atoms with Gasteiger partial charge in [-0.3, -0.25) is 9.69 Å². The zero-order chi connectivity index (χ0) is 16.9. The van der Waals surface area contributed by atoms with Gasteiger partial charge in [-0.1, -0.05) is 23.7 Å². The molecule has 132 valence electrons. The average molecular weight is 353 g/mol. The third-order valence-electron chi connectivity index (χ3n) is 5.00. The van der Waals surface area contributed by atoms with Crippen molar-refractivity contribution in [3.63, 3.8) is 0 Å². The van der Waals surface area contributed by atoms with E-state index in [1.54, 1.807) is 19.2 Å². The van der Waals surface area contributed by atoms with E-state index in [0.717, 1.165) is 38.8 Å². The molecule has 1 saturated carbocycles. The van der Waals surface area contributed by atoms with Gasteiger partial charge in [0.25, 0.3) is 5.91 Å². The number of carbonyl (C=O) groups is 1. The Morgan fingerprint density at radius 2 is 2.17 bits per heavy atom. The van der Waals surface area contributed by atoms with Crippen molar-refractivity contribution in [3.8, 4) is 5.75 Å². The Hall–Kier alpha value is -1.30. The van der Waals surface area contributed by atoms with Crippen LogP contribution in [0.5, 0.6) is 5.75 Å². The lowest BCUT2D eigenvalue weighted by atomic mass is 10.1. The summed E-state index contributed by atoms with van der Waals surface area (Å²) in [6, 6.07) is 7.80. The monoisotopic (exact) mass is 352 g/mol. The summed E-state index contributed by atoms with van der Waals surface area (Å²) < 4.78 is 11.0. The van der Waals surface area contributed by atoms with E-state index in [-0.39, 0.29) is 18.6 Å².